The fourth-order valence-corrected chi connectivity index (χ4v) is 2.81. The molecule has 1 saturated heterocycles. The van der Waals surface area contributed by atoms with Crippen LogP contribution in [0.4, 0.5) is 4.79 Å². The molecule has 1 aliphatic rings. The molecule has 1 heterocycles. The fourth-order valence-electron chi connectivity index (χ4n) is 2.81. The summed E-state index contributed by atoms with van der Waals surface area (Å²) in [7, 11) is 1.60. The van der Waals surface area contributed by atoms with Crippen LogP contribution in [0.25, 0.3) is 0 Å². The fraction of sp³-hybridized carbons (Fsp3) is 0.842. The van der Waals surface area contributed by atoms with E-state index < -0.39 is 11.7 Å². The van der Waals surface area contributed by atoms with Gasteiger partial charge in [0.1, 0.15) is 12.4 Å². The highest BCUT2D eigenvalue weighted by molar-refractivity contribution is 5.68. The molecular weight excluding hydrogens is 338 g/mol. The van der Waals surface area contributed by atoms with Crippen LogP contribution in [0.5, 0.6) is 0 Å². The first-order valence-electron chi connectivity index (χ1n) is 9.06. The lowest BCUT2D eigenvalue weighted by Crippen LogP contribution is -2.51. The molecule has 0 aromatic rings. The average molecular weight is 371 g/mol. The van der Waals surface area contributed by atoms with E-state index in [1.807, 2.05) is 20.8 Å². The highest BCUT2D eigenvalue weighted by Crippen LogP contribution is 2.26. The minimum atomic E-state index is -0.560. The minimum Gasteiger partial charge on any atom is -0.444 e. The summed E-state index contributed by atoms with van der Waals surface area (Å²) in [5.41, 5.74) is -0.558. The highest BCUT2D eigenvalue weighted by atomic mass is 16.7. The molecule has 7 nitrogen and oxygen atoms in total. The van der Waals surface area contributed by atoms with E-state index in [2.05, 4.69) is 5.92 Å². The van der Waals surface area contributed by atoms with E-state index in [0.29, 0.717) is 45.6 Å². The monoisotopic (exact) mass is 371 g/mol. The molecule has 3 unspecified atom stereocenters. The summed E-state index contributed by atoms with van der Waals surface area (Å²) >= 11 is 0. The first-order valence-corrected chi connectivity index (χ1v) is 9.06. The molecule has 150 valence electrons. The predicted molar refractivity (Wildman–Crippen MR) is 97.6 cm³/mol. The third-order valence-corrected chi connectivity index (χ3v) is 4.12. The average Bonchev–Trinajstić information content (AvgIpc) is 2.56. The number of hydrogen-bond acceptors (Lipinski definition) is 6. The maximum Gasteiger partial charge on any atom is 0.410 e. The number of likely N-dealkylation sites (tertiary alicyclic amines) is 1. The number of aliphatic hydroxyl groups is 1. The van der Waals surface area contributed by atoms with Gasteiger partial charge in [-0.05, 0) is 33.6 Å². The molecule has 0 radical (unpaired) electrons. The van der Waals surface area contributed by atoms with E-state index in [9.17, 15) is 9.90 Å². The number of aliphatic hydroxyl groups excluding tert-OH is 1. The summed E-state index contributed by atoms with van der Waals surface area (Å²) in [5, 5.41) is 10.4. The third-order valence-electron chi connectivity index (χ3n) is 4.12. The van der Waals surface area contributed by atoms with Crippen LogP contribution in [0.1, 0.15) is 40.0 Å². The molecule has 1 aliphatic heterocycles. The maximum absolute atomic E-state index is 12.3. The van der Waals surface area contributed by atoms with E-state index in [0.717, 1.165) is 0 Å². The normalized spacial score (nSPS) is 21.9. The van der Waals surface area contributed by atoms with Crippen molar-refractivity contribution in [1.29, 1.82) is 0 Å². The van der Waals surface area contributed by atoms with Gasteiger partial charge in [0, 0.05) is 32.5 Å². The second kappa shape index (κ2) is 11.4. The van der Waals surface area contributed by atoms with Crippen LogP contribution >= 0.6 is 0 Å². The van der Waals surface area contributed by atoms with Crippen LogP contribution in [0.15, 0.2) is 0 Å². The summed E-state index contributed by atoms with van der Waals surface area (Å²) in [6.07, 6.45) is 5.74. The molecule has 1 rings (SSSR count). The summed E-state index contributed by atoms with van der Waals surface area (Å²) in [6, 6.07) is 0. The van der Waals surface area contributed by atoms with Crippen LogP contribution in [-0.4, -0.2) is 74.1 Å². The van der Waals surface area contributed by atoms with Crippen molar-refractivity contribution in [2.45, 2.75) is 57.8 Å². The third kappa shape index (κ3) is 8.37. The second-order valence-electron chi connectivity index (χ2n) is 7.41. The Bertz CT molecular complexity index is 456. The number of ether oxygens (including phenoxy) is 4. The van der Waals surface area contributed by atoms with Crippen LogP contribution in [0, 0.1) is 18.3 Å². The number of carbonyl (C=O) groups is 1. The van der Waals surface area contributed by atoms with Crippen molar-refractivity contribution in [2.75, 3.05) is 40.2 Å². The van der Waals surface area contributed by atoms with Crippen molar-refractivity contribution in [1.82, 2.24) is 4.90 Å². The highest BCUT2D eigenvalue weighted by Gasteiger charge is 2.37. The van der Waals surface area contributed by atoms with Gasteiger partial charge in [0.2, 0.25) is 0 Å². The van der Waals surface area contributed by atoms with Crippen molar-refractivity contribution in [3.8, 4) is 12.3 Å². The number of carbonyl (C=O) groups excluding carboxylic acids is 1. The van der Waals surface area contributed by atoms with Crippen LogP contribution < -0.4 is 0 Å². The zero-order valence-electron chi connectivity index (χ0n) is 16.4. The van der Waals surface area contributed by atoms with Gasteiger partial charge in [-0.1, -0.05) is 0 Å². The Labute approximate surface area is 156 Å². The molecule has 1 amide bonds. The van der Waals surface area contributed by atoms with Crippen molar-refractivity contribution in [2.24, 2.45) is 5.92 Å². The summed E-state index contributed by atoms with van der Waals surface area (Å²) < 4.78 is 21.5. The summed E-state index contributed by atoms with van der Waals surface area (Å²) in [5.74, 6) is 2.36. The minimum absolute atomic E-state index is 0.0915. The van der Waals surface area contributed by atoms with Crippen LogP contribution in [0.2, 0.25) is 0 Å². The zero-order chi connectivity index (χ0) is 19.6. The van der Waals surface area contributed by atoms with E-state index >= 15 is 0 Å². The maximum atomic E-state index is 12.3. The number of amides is 1. The molecular formula is C19H33NO6. The van der Waals surface area contributed by atoms with Gasteiger partial charge in [-0.15, -0.1) is 12.3 Å². The zero-order valence-corrected chi connectivity index (χ0v) is 16.4. The van der Waals surface area contributed by atoms with Crippen LogP contribution in [0.3, 0.4) is 0 Å². The van der Waals surface area contributed by atoms with Gasteiger partial charge >= 0.3 is 6.09 Å². The molecule has 0 aromatic carbocycles. The Kier molecular flexibility index (Phi) is 9.96. The molecule has 1 fully saturated rings. The van der Waals surface area contributed by atoms with Crippen molar-refractivity contribution in [3.63, 3.8) is 0 Å². The number of piperidine rings is 1. The Balaban J connectivity index is 2.66. The SMILES string of the molecule is C#CCCC(OCOCCOC)C1CN(C(=O)OC(C)(C)C)CCC1O. The Hall–Kier alpha value is -1.33. The lowest BCUT2D eigenvalue weighted by atomic mass is 9.87. The molecule has 0 saturated carbocycles. The topological polar surface area (TPSA) is 77.5 Å². The largest absolute Gasteiger partial charge is 0.444 e. The van der Waals surface area contributed by atoms with E-state index in [1.54, 1.807) is 12.0 Å². The molecule has 0 spiro atoms. The van der Waals surface area contributed by atoms with Gasteiger partial charge in [0.15, 0.2) is 0 Å². The van der Waals surface area contributed by atoms with Gasteiger partial charge in [-0.25, -0.2) is 4.79 Å². The summed E-state index contributed by atoms with van der Waals surface area (Å²) in [4.78, 5) is 14.0. The number of rotatable bonds is 9. The predicted octanol–water partition coefficient (Wildman–Crippen LogP) is 2.02. The number of methoxy groups -OCH3 is 1. The number of nitrogens with zero attached hydrogens (tertiary/aromatic N) is 1. The molecule has 1 N–H and O–H groups in total. The first-order chi connectivity index (χ1) is 12.3. The molecule has 7 heteroatoms. The van der Waals surface area contributed by atoms with Gasteiger partial charge < -0.3 is 29.0 Å². The Morgan fingerprint density at radius 2 is 2.12 bits per heavy atom. The second-order valence-corrected chi connectivity index (χ2v) is 7.41. The molecule has 26 heavy (non-hydrogen) atoms. The number of hydrogen-bond donors (Lipinski definition) is 1. The van der Waals surface area contributed by atoms with E-state index in [-0.39, 0.29) is 24.9 Å². The van der Waals surface area contributed by atoms with Crippen molar-refractivity contribution >= 4 is 6.09 Å². The lowest BCUT2D eigenvalue weighted by molar-refractivity contribution is -0.138. The standard InChI is InChI=1S/C19H33NO6/c1-6-7-8-17(25-14-24-12-11-23-5)15-13-20(10-9-16(15)21)18(22)26-19(2,3)4/h1,15-17,21H,7-14H2,2-5H3. The van der Waals surface area contributed by atoms with Gasteiger partial charge in [-0.3, -0.25) is 0 Å². The Morgan fingerprint density at radius 1 is 1.38 bits per heavy atom. The van der Waals surface area contributed by atoms with Crippen molar-refractivity contribution < 1.29 is 28.8 Å². The molecule has 0 bridgehead atoms. The molecule has 0 aliphatic carbocycles. The smallest absolute Gasteiger partial charge is 0.410 e. The molecule has 3 atom stereocenters. The van der Waals surface area contributed by atoms with E-state index in [1.165, 1.54) is 0 Å². The number of terminal acetylenes is 1. The van der Waals surface area contributed by atoms with Crippen molar-refractivity contribution in [3.05, 3.63) is 0 Å². The lowest BCUT2D eigenvalue weighted by Gasteiger charge is -2.40. The molecule has 0 aromatic heterocycles. The van der Waals surface area contributed by atoms with E-state index in [4.69, 9.17) is 25.4 Å². The Morgan fingerprint density at radius 3 is 2.73 bits per heavy atom. The van der Waals surface area contributed by atoms with Gasteiger partial charge in [0.25, 0.3) is 0 Å². The van der Waals surface area contributed by atoms with Gasteiger partial charge in [0.05, 0.1) is 25.4 Å². The quantitative estimate of drug-likeness (QED) is 0.380. The first kappa shape index (κ1) is 22.7. The summed E-state index contributed by atoms with van der Waals surface area (Å²) in [6.45, 7) is 7.31. The van der Waals surface area contributed by atoms with Crippen LogP contribution in [-0.2, 0) is 18.9 Å². The van der Waals surface area contributed by atoms with Gasteiger partial charge in [-0.2, -0.15) is 0 Å².